The first-order chi connectivity index (χ1) is 8.40. The zero-order chi connectivity index (χ0) is 13.7. The Morgan fingerprint density at radius 3 is 2.39 bits per heavy atom. The van der Waals surface area contributed by atoms with E-state index in [0.717, 1.165) is 5.56 Å². The maximum absolute atomic E-state index is 12.0. The van der Waals surface area contributed by atoms with Gasteiger partial charge in [0.1, 0.15) is 11.9 Å². The van der Waals surface area contributed by atoms with Crippen LogP contribution < -0.4 is 10.6 Å². The minimum atomic E-state index is -0.550. The van der Waals surface area contributed by atoms with E-state index in [9.17, 15) is 9.59 Å². The van der Waals surface area contributed by atoms with E-state index < -0.39 is 6.04 Å². The number of anilines is 1. The molecule has 0 aliphatic rings. The predicted octanol–water partition coefficient (Wildman–Crippen LogP) is 1.49. The van der Waals surface area contributed by atoms with Gasteiger partial charge in [0.05, 0.1) is 0 Å². The lowest BCUT2D eigenvalue weighted by molar-refractivity contribution is -0.126. The summed E-state index contributed by atoms with van der Waals surface area (Å²) < 4.78 is 0. The van der Waals surface area contributed by atoms with Crippen molar-refractivity contribution in [2.75, 3.05) is 5.32 Å². The number of aryl methyl sites for hydroxylation is 1. The highest BCUT2D eigenvalue weighted by atomic mass is 16.2. The summed E-state index contributed by atoms with van der Waals surface area (Å²) in [4.78, 5) is 27.2. The van der Waals surface area contributed by atoms with Crippen LogP contribution in [-0.4, -0.2) is 22.8 Å². The van der Waals surface area contributed by atoms with Gasteiger partial charge in [-0.25, -0.2) is 4.98 Å². The average molecular weight is 249 g/mol. The minimum Gasteiger partial charge on any atom is -0.344 e. The van der Waals surface area contributed by atoms with Gasteiger partial charge in [0, 0.05) is 13.1 Å². The van der Waals surface area contributed by atoms with E-state index in [2.05, 4.69) is 15.6 Å². The average Bonchev–Trinajstić information content (AvgIpc) is 2.28. The van der Waals surface area contributed by atoms with Crippen LogP contribution in [0.15, 0.2) is 18.3 Å². The molecule has 2 N–H and O–H groups in total. The van der Waals surface area contributed by atoms with Gasteiger partial charge in [-0.2, -0.15) is 0 Å². The maximum atomic E-state index is 12.0. The Balaban J connectivity index is 2.72. The first kappa shape index (κ1) is 14.2. The van der Waals surface area contributed by atoms with E-state index in [0.29, 0.717) is 5.82 Å². The normalized spacial score (nSPS) is 12.1. The van der Waals surface area contributed by atoms with Crippen LogP contribution in [0.5, 0.6) is 0 Å². The number of hydrogen-bond donors (Lipinski definition) is 2. The molecule has 1 heterocycles. The Hall–Kier alpha value is -1.91. The van der Waals surface area contributed by atoms with Crippen LogP contribution in [-0.2, 0) is 9.59 Å². The summed E-state index contributed by atoms with van der Waals surface area (Å²) in [7, 11) is 0. The molecule has 1 aromatic heterocycles. The van der Waals surface area contributed by atoms with Crippen molar-refractivity contribution in [3.8, 4) is 0 Å². The highest BCUT2D eigenvalue weighted by Crippen LogP contribution is 2.08. The lowest BCUT2D eigenvalue weighted by atomic mass is 10.0. The van der Waals surface area contributed by atoms with Crippen molar-refractivity contribution in [3.05, 3.63) is 23.9 Å². The molecule has 0 spiro atoms. The molecule has 0 fully saturated rings. The predicted molar refractivity (Wildman–Crippen MR) is 70.0 cm³/mol. The van der Waals surface area contributed by atoms with Gasteiger partial charge in [0.25, 0.3) is 0 Å². The van der Waals surface area contributed by atoms with E-state index in [1.54, 1.807) is 12.3 Å². The highest BCUT2D eigenvalue weighted by molar-refractivity contribution is 5.96. The monoisotopic (exact) mass is 249 g/mol. The number of carbonyl (C=O) groups excluding carboxylic acids is 2. The molecule has 0 aromatic carbocycles. The molecular weight excluding hydrogens is 230 g/mol. The van der Waals surface area contributed by atoms with Crippen molar-refractivity contribution in [3.63, 3.8) is 0 Å². The lowest BCUT2D eigenvalue weighted by Crippen LogP contribution is -2.46. The Morgan fingerprint density at radius 1 is 1.28 bits per heavy atom. The fourth-order valence-corrected chi connectivity index (χ4v) is 1.50. The molecule has 0 saturated carbocycles. The van der Waals surface area contributed by atoms with Crippen molar-refractivity contribution in [2.45, 2.75) is 33.7 Å². The smallest absolute Gasteiger partial charge is 0.248 e. The van der Waals surface area contributed by atoms with Crippen LogP contribution in [0.3, 0.4) is 0 Å². The summed E-state index contributed by atoms with van der Waals surface area (Å²) in [5.74, 6) is 0.0261. The molecule has 0 radical (unpaired) electrons. The van der Waals surface area contributed by atoms with Crippen molar-refractivity contribution in [2.24, 2.45) is 5.92 Å². The third-order valence-corrected chi connectivity index (χ3v) is 2.47. The summed E-state index contributed by atoms with van der Waals surface area (Å²) in [5.41, 5.74) is 1.02. The number of hydrogen-bond acceptors (Lipinski definition) is 3. The number of nitrogens with one attached hydrogen (secondary N) is 2. The summed E-state index contributed by atoms with van der Waals surface area (Å²) in [6.45, 7) is 7.07. The number of pyridine rings is 1. The van der Waals surface area contributed by atoms with Crippen molar-refractivity contribution in [1.29, 1.82) is 0 Å². The largest absolute Gasteiger partial charge is 0.344 e. The fraction of sp³-hybridized carbons (Fsp3) is 0.462. The summed E-state index contributed by atoms with van der Waals surface area (Å²) in [6, 6.07) is 3.05. The lowest BCUT2D eigenvalue weighted by Gasteiger charge is -2.20. The number of amides is 2. The van der Waals surface area contributed by atoms with E-state index >= 15 is 0 Å². The molecular formula is C13H19N3O2. The molecule has 2 amide bonds. The van der Waals surface area contributed by atoms with Gasteiger partial charge in [0.2, 0.25) is 11.8 Å². The van der Waals surface area contributed by atoms with Crippen LogP contribution in [0.1, 0.15) is 26.3 Å². The standard InChI is InChI=1S/C13H19N3O2/c1-8(2)12(15-10(4)17)13(18)16-11-6-5-9(3)7-14-11/h5-8,12H,1-4H3,(H,15,17)(H,14,16,18)/t12-/m1/s1. The Kier molecular flexibility index (Phi) is 4.83. The quantitative estimate of drug-likeness (QED) is 0.849. The molecule has 0 bridgehead atoms. The van der Waals surface area contributed by atoms with Crippen molar-refractivity contribution < 1.29 is 9.59 Å². The molecule has 98 valence electrons. The molecule has 0 aliphatic heterocycles. The molecule has 0 unspecified atom stereocenters. The van der Waals surface area contributed by atoms with Crippen LogP contribution in [0.4, 0.5) is 5.82 Å². The molecule has 5 heteroatoms. The maximum Gasteiger partial charge on any atom is 0.248 e. The van der Waals surface area contributed by atoms with E-state index in [-0.39, 0.29) is 17.7 Å². The number of rotatable bonds is 4. The summed E-state index contributed by atoms with van der Waals surface area (Å²) in [5, 5.41) is 5.32. The van der Waals surface area contributed by atoms with Gasteiger partial charge in [-0.05, 0) is 24.5 Å². The SMILES string of the molecule is CC(=O)N[C@@H](C(=O)Nc1ccc(C)cn1)C(C)C. The van der Waals surface area contributed by atoms with E-state index in [4.69, 9.17) is 0 Å². The molecule has 18 heavy (non-hydrogen) atoms. The van der Waals surface area contributed by atoms with Crippen LogP contribution in [0, 0.1) is 12.8 Å². The second-order valence-electron chi connectivity index (χ2n) is 4.63. The third-order valence-electron chi connectivity index (χ3n) is 2.47. The first-order valence-corrected chi connectivity index (χ1v) is 5.90. The molecule has 1 aromatic rings. The molecule has 0 aliphatic carbocycles. The molecule has 0 saturated heterocycles. The van der Waals surface area contributed by atoms with Crippen molar-refractivity contribution >= 4 is 17.6 Å². The Bertz CT molecular complexity index is 426. The van der Waals surface area contributed by atoms with E-state index in [1.807, 2.05) is 26.8 Å². The first-order valence-electron chi connectivity index (χ1n) is 5.90. The molecule has 1 rings (SSSR count). The van der Waals surface area contributed by atoms with Gasteiger partial charge < -0.3 is 10.6 Å². The number of aromatic nitrogens is 1. The third kappa shape index (κ3) is 4.16. The second-order valence-corrected chi connectivity index (χ2v) is 4.63. The van der Waals surface area contributed by atoms with Crippen LogP contribution in [0.25, 0.3) is 0 Å². The molecule has 1 atom stereocenters. The fourth-order valence-electron chi connectivity index (χ4n) is 1.50. The number of nitrogens with zero attached hydrogens (tertiary/aromatic N) is 1. The number of carbonyl (C=O) groups is 2. The van der Waals surface area contributed by atoms with E-state index in [1.165, 1.54) is 6.92 Å². The molecule has 5 nitrogen and oxygen atoms in total. The van der Waals surface area contributed by atoms with Gasteiger partial charge in [0.15, 0.2) is 0 Å². The Morgan fingerprint density at radius 2 is 1.94 bits per heavy atom. The summed E-state index contributed by atoms with van der Waals surface area (Å²) >= 11 is 0. The second kappa shape index (κ2) is 6.14. The Labute approximate surface area is 107 Å². The highest BCUT2D eigenvalue weighted by Gasteiger charge is 2.23. The minimum absolute atomic E-state index is 0.0133. The zero-order valence-electron chi connectivity index (χ0n) is 11.2. The zero-order valence-corrected chi connectivity index (χ0v) is 11.2. The van der Waals surface area contributed by atoms with Crippen LogP contribution >= 0.6 is 0 Å². The summed E-state index contributed by atoms with van der Waals surface area (Å²) in [6.07, 6.45) is 1.68. The van der Waals surface area contributed by atoms with Gasteiger partial charge >= 0.3 is 0 Å². The van der Waals surface area contributed by atoms with Crippen LogP contribution in [0.2, 0.25) is 0 Å². The van der Waals surface area contributed by atoms with Gasteiger partial charge in [-0.15, -0.1) is 0 Å². The van der Waals surface area contributed by atoms with Crippen molar-refractivity contribution in [1.82, 2.24) is 10.3 Å². The van der Waals surface area contributed by atoms with Gasteiger partial charge in [-0.3, -0.25) is 9.59 Å². The topological polar surface area (TPSA) is 71.1 Å². The van der Waals surface area contributed by atoms with Gasteiger partial charge in [-0.1, -0.05) is 19.9 Å².